The molecule has 2 saturated heterocycles. The van der Waals surface area contributed by atoms with Gasteiger partial charge in [-0.2, -0.15) is 0 Å². The Labute approximate surface area is 164 Å². The van der Waals surface area contributed by atoms with Gasteiger partial charge in [-0.3, -0.25) is 0 Å². The summed E-state index contributed by atoms with van der Waals surface area (Å²) in [5, 5.41) is 87.0. The predicted molar refractivity (Wildman–Crippen MR) is 87.8 cm³/mol. The molecular formula is C15H27NO13. The van der Waals surface area contributed by atoms with Crippen LogP contribution in [0.15, 0.2) is 0 Å². The number of nitrogens with two attached hydrogens (primary N) is 1. The Morgan fingerprint density at radius 2 is 1.76 bits per heavy atom. The Kier molecular flexibility index (Phi) is 7.88. The summed E-state index contributed by atoms with van der Waals surface area (Å²) in [5.41, 5.74) is 5.72. The van der Waals surface area contributed by atoms with E-state index in [9.17, 15) is 45.6 Å². The molecule has 2 aliphatic heterocycles. The quantitative estimate of drug-likeness (QED) is 0.181. The van der Waals surface area contributed by atoms with E-state index < -0.39 is 92.6 Å². The molecule has 0 unspecified atom stereocenters. The third-order valence-electron chi connectivity index (χ3n) is 5.04. The van der Waals surface area contributed by atoms with Crippen molar-refractivity contribution in [3.8, 4) is 0 Å². The first-order chi connectivity index (χ1) is 13.4. The fraction of sp³-hybridized carbons (Fsp3) is 0.933. The molecule has 14 heteroatoms. The highest BCUT2D eigenvalue weighted by Crippen LogP contribution is 2.33. The van der Waals surface area contributed by atoms with Crippen LogP contribution in [-0.2, 0) is 19.0 Å². The van der Waals surface area contributed by atoms with E-state index in [1.807, 2.05) is 0 Å². The Balaban J connectivity index is 2.19. The summed E-state index contributed by atoms with van der Waals surface area (Å²) in [6.45, 7) is -1.67. The van der Waals surface area contributed by atoms with Crippen molar-refractivity contribution in [3.05, 3.63) is 0 Å². The summed E-state index contributed by atoms with van der Waals surface area (Å²) in [6, 6.07) is -1.34. The second-order valence-electron chi connectivity index (χ2n) is 7.08. The third kappa shape index (κ3) is 4.84. The summed E-state index contributed by atoms with van der Waals surface area (Å²) in [4.78, 5) is 11.8. The van der Waals surface area contributed by atoms with E-state index in [2.05, 4.69) is 0 Å². The van der Waals surface area contributed by atoms with E-state index in [1.54, 1.807) is 0 Å². The number of aliphatic hydroxyl groups is 8. The van der Waals surface area contributed by atoms with Gasteiger partial charge in [0.2, 0.25) is 0 Å². The number of carboxylic acids is 1. The molecule has 0 aromatic carbocycles. The minimum absolute atomic E-state index is 0.710. The van der Waals surface area contributed by atoms with E-state index in [0.29, 0.717) is 0 Å². The third-order valence-corrected chi connectivity index (χ3v) is 5.04. The van der Waals surface area contributed by atoms with E-state index >= 15 is 0 Å². The summed E-state index contributed by atoms with van der Waals surface area (Å²) in [6.07, 6.45) is -16.3. The van der Waals surface area contributed by atoms with Gasteiger partial charge in [-0.25, -0.2) is 4.79 Å². The van der Waals surface area contributed by atoms with Crippen LogP contribution in [0.1, 0.15) is 6.42 Å². The molecule has 0 spiro atoms. The molecule has 0 aromatic heterocycles. The van der Waals surface area contributed by atoms with Crippen molar-refractivity contribution in [2.75, 3.05) is 13.2 Å². The first-order valence-corrected chi connectivity index (χ1v) is 8.78. The number of ether oxygens (including phenoxy) is 3. The maximum absolute atomic E-state index is 11.8. The lowest BCUT2D eigenvalue weighted by atomic mass is 9.89. The molecule has 14 nitrogen and oxygen atoms in total. The van der Waals surface area contributed by atoms with Crippen molar-refractivity contribution in [1.82, 2.24) is 0 Å². The van der Waals surface area contributed by atoms with Crippen LogP contribution in [0, 0.1) is 0 Å². The highest BCUT2D eigenvalue weighted by molar-refractivity contribution is 5.76. The van der Waals surface area contributed by atoms with Crippen LogP contribution in [0.5, 0.6) is 0 Å². The van der Waals surface area contributed by atoms with Gasteiger partial charge in [-0.1, -0.05) is 0 Å². The van der Waals surface area contributed by atoms with Crippen molar-refractivity contribution >= 4 is 5.97 Å². The van der Waals surface area contributed by atoms with Gasteiger partial charge in [0.15, 0.2) is 6.29 Å². The van der Waals surface area contributed by atoms with Gasteiger partial charge >= 0.3 is 5.97 Å². The monoisotopic (exact) mass is 429 g/mol. The van der Waals surface area contributed by atoms with Gasteiger partial charge < -0.3 is 65.9 Å². The van der Waals surface area contributed by atoms with Gasteiger partial charge in [-0.15, -0.1) is 0 Å². The van der Waals surface area contributed by atoms with E-state index in [0.717, 1.165) is 0 Å². The molecule has 2 heterocycles. The second-order valence-corrected chi connectivity index (χ2v) is 7.08. The van der Waals surface area contributed by atoms with Gasteiger partial charge in [-0.05, 0) is 0 Å². The maximum Gasteiger partial charge on any atom is 0.364 e. The largest absolute Gasteiger partial charge is 0.477 e. The van der Waals surface area contributed by atoms with E-state index in [4.69, 9.17) is 25.1 Å². The molecule has 2 aliphatic rings. The lowest BCUT2D eigenvalue weighted by Crippen LogP contribution is -2.67. The predicted octanol–water partition coefficient (Wildman–Crippen LogP) is -6.22. The van der Waals surface area contributed by atoms with Crippen molar-refractivity contribution in [1.29, 1.82) is 0 Å². The topological polar surface area (TPSA) is 253 Å². The molecule has 11 atom stereocenters. The number of hydrogen-bond acceptors (Lipinski definition) is 13. The Hall–Kier alpha value is -1.01. The molecule has 0 amide bonds. The van der Waals surface area contributed by atoms with E-state index in [1.165, 1.54) is 0 Å². The van der Waals surface area contributed by atoms with Crippen LogP contribution >= 0.6 is 0 Å². The van der Waals surface area contributed by atoms with Gasteiger partial charge in [0.1, 0.15) is 42.7 Å². The minimum atomic E-state index is -2.61. The maximum atomic E-state index is 11.8. The van der Waals surface area contributed by atoms with Gasteiger partial charge in [0, 0.05) is 6.42 Å². The minimum Gasteiger partial charge on any atom is -0.477 e. The molecule has 0 aromatic rings. The standard InChI is InChI=1S/C15H27NO13/c16-7-4(18)1-15(14(25)26,29-12(7)8(20)5(19)2-17)27-3-6-9(21)10(22)11(23)13(24)28-6/h4-13,17-24H,1-3,16H2,(H,25,26)/t4-,5+,6+,7+,8+,9-,10-,11+,12+,13+,15+/m0/s1. The summed E-state index contributed by atoms with van der Waals surface area (Å²) >= 11 is 0. The highest BCUT2D eigenvalue weighted by Gasteiger charge is 2.55. The van der Waals surface area contributed by atoms with Crippen LogP contribution in [0.2, 0.25) is 0 Å². The molecule has 0 bridgehead atoms. The lowest BCUT2D eigenvalue weighted by Gasteiger charge is -2.46. The van der Waals surface area contributed by atoms with Gasteiger partial charge in [0.05, 0.1) is 25.4 Å². The van der Waals surface area contributed by atoms with E-state index in [-0.39, 0.29) is 0 Å². The molecule has 2 fully saturated rings. The summed E-state index contributed by atoms with van der Waals surface area (Å²) in [5.74, 6) is -4.35. The van der Waals surface area contributed by atoms with Crippen molar-refractivity contribution in [2.45, 2.75) is 73.4 Å². The van der Waals surface area contributed by atoms with Crippen molar-refractivity contribution in [2.24, 2.45) is 5.73 Å². The number of hydrogen-bond donors (Lipinski definition) is 10. The Morgan fingerprint density at radius 3 is 2.31 bits per heavy atom. The lowest BCUT2D eigenvalue weighted by molar-refractivity contribution is -0.333. The smallest absolute Gasteiger partial charge is 0.364 e. The number of carboxylic acid groups (broad SMARTS) is 1. The zero-order chi connectivity index (χ0) is 22.1. The SMILES string of the molecule is N[C@H]1[C@H]([C@H](O)[C@H](O)CO)O[C@@](OC[C@H]2O[C@@H](O)[C@H](O)[C@@H](O)[C@H]2O)(C(=O)O)C[C@@H]1O. The van der Waals surface area contributed by atoms with Crippen molar-refractivity contribution < 1.29 is 65.0 Å². The molecular weight excluding hydrogens is 402 g/mol. The molecule has 0 radical (unpaired) electrons. The van der Waals surface area contributed by atoms with Crippen LogP contribution in [0.4, 0.5) is 0 Å². The molecule has 2 rings (SSSR count). The summed E-state index contributed by atoms with van der Waals surface area (Å²) in [7, 11) is 0. The second kappa shape index (κ2) is 9.42. The summed E-state index contributed by atoms with van der Waals surface area (Å²) < 4.78 is 15.4. The van der Waals surface area contributed by atoms with Gasteiger partial charge in [0.25, 0.3) is 5.79 Å². The number of aliphatic carboxylic acids is 1. The van der Waals surface area contributed by atoms with Crippen LogP contribution in [-0.4, -0.2) is 132 Å². The molecule has 0 saturated carbocycles. The first-order valence-electron chi connectivity index (χ1n) is 8.78. The Bertz CT molecular complexity index is 566. The zero-order valence-corrected chi connectivity index (χ0v) is 15.1. The zero-order valence-electron chi connectivity index (χ0n) is 15.1. The van der Waals surface area contributed by atoms with Crippen LogP contribution in [0.3, 0.4) is 0 Å². The molecule has 29 heavy (non-hydrogen) atoms. The fourth-order valence-electron chi connectivity index (χ4n) is 3.18. The van der Waals surface area contributed by atoms with Crippen LogP contribution in [0.25, 0.3) is 0 Å². The highest BCUT2D eigenvalue weighted by atomic mass is 16.7. The molecule has 170 valence electrons. The van der Waals surface area contributed by atoms with Crippen molar-refractivity contribution in [3.63, 3.8) is 0 Å². The average Bonchev–Trinajstić information content (AvgIpc) is 2.69. The first kappa shape index (κ1) is 24.3. The fourth-order valence-corrected chi connectivity index (χ4v) is 3.18. The Morgan fingerprint density at radius 1 is 1.14 bits per heavy atom. The number of rotatable bonds is 7. The normalized spacial score (nSPS) is 45.6. The number of aliphatic hydroxyl groups excluding tert-OH is 8. The molecule has 0 aliphatic carbocycles. The van der Waals surface area contributed by atoms with Crippen LogP contribution < -0.4 is 5.73 Å². The molecule has 11 N–H and O–H groups in total. The number of carbonyl (C=O) groups is 1. The average molecular weight is 429 g/mol.